The van der Waals surface area contributed by atoms with Crippen molar-refractivity contribution in [2.24, 2.45) is 7.05 Å². The highest BCUT2D eigenvalue weighted by Crippen LogP contribution is 2.31. The number of rotatable bonds is 6. The van der Waals surface area contributed by atoms with Crippen LogP contribution in [-0.4, -0.2) is 36.9 Å². The lowest BCUT2D eigenvalue weighted by Gasteiger charge is -2.13. The lowest BCUT2D eigenvalue weighted by atomic mass is 10.2. The number of hydrogen-bond acceptors (Lipinski definition) is 5. The third-order valence-corrected chi connectivity index (χ3v) is 6.73. The number of nitrogens with one attached hydrogen (secondary N) is 1. The molecule has 7 nitrogen and oxygen atoms in total. The van der Waals surface area contributed by atoms with Crippen LogP contribution in [0.25, 0.3) is 11.8 Å². The number of aromatic nitrogens is 2. The molecule has 0 radical (unpaired) electrons. The molecule has 0 saturated carbocycles. The molecular weight excluding hydrogens is 468 g/mol. The summed E-state index contributed by atoms with van der Waals surface area (Å²) >= 11 is 6.46. The number of amides is 2. The number of allylic oxidation sites excluding steroid dienone is 2. The summed E-state index contributed by atoms with van der Waals surface area (Å²) < 4.78 is 3.45. The summed E-state index contributed by atoms with van der Waals surface area (Å²) in [5.74, 6) is -0.835. The van der Waals surface area contributed by atoms with Gasteiger partial charge in [-0.15, -0.1) is 0 Å². The maximum Gasteiger partial charge on any atom is 0.295 e. The van der Waals surface area contributed by atoms with Crippen LogP contribution in [-0.2, 0) is 16.6 Å². The maximum atomic E-state index is 13.0. The van der Waals surface area contributed by atoms with Crippen LogP contribution in [0.4, 0.5) is 5.69 Å². The Morgan fingerprint density at radius 1 is 1.06 bits per heavy atom. The van der Waals surface area contributed by atoms with Crippen molar-refractivity contribution in [3.8, 4) is 5.69 Å². The van der Waals surface area contributed by atoms with Gasteiger partial charge in [0.05, 0.1) is 16.3 Å². The topological polar surface area (TPSA) is 76.3 Å². The van der Waals surface area contributed by atoms with Crippen molar-refractivity contribution in [2.75, 3.05) is 11.9 Å². The van der Waals surface area contributed by atoms with E-state index in [4.69, 9.17) is 12.2 Å². The van der Waals surface area contributed by atoms with Gasteiger partial charge in [0.2, 0.25) is 5.91 Å². The van der Waals surface area contributed by atoms with E-state index in [0.717, 1.165) is 17.3 Å². The highest BCUT2D eigenvalue weighted by atomic mass is 32.2. The number of anilines is 1. The van der Waals surface area contributed by atoms with E-state index in [1.165, 1.54) is 9.58 Å². The SMILES string of the molecule is Cc1c(NC(=O)CN2C(=O)C(=CC=Cc3ccccc3)SC2=S)c(=O)n(-c2ccccc2)n1C. The van der Waals surface area contributed by atoms with Gasteiger partial charge in [0.1, 0.15) is 16.6 Å². The van der Waals surface area contributed by atoms with Crippen LogP contribution in [0.5, 0.6) is 0 Å². The number of thiocarbonyl (C=S) groups is 1. The molecule has 0 bridgehead atoms. The summed E-state index contributed by atoms with van der Waals surface area (Å²) in [6.07, 6.45) is 5.35. The second-order valence-corrected chi connectivity index (χ2v) is 9.22. The minimum atomic E-state index is -0.497. The van der Waals surface area contributed by atoms with Gasteiger partial charge in [-0.25, -0.2) is 4.68 Å². The molecule has 3 aromatic rings. The Hall–Kier alpha value is -3.69. The average Bonchev–Trinajstić information content (AvgIpc) is 3.22. The van der Waals surface area contributed by atoms with Crippen molar-refractivity contribution in [3.05, 3.63) is 99.3 Å². The van der Waals surface area contributed by atoms with Gasteiger partial charge >= 0.3 is 0 Å². The average molecular weight is 491 g/mol. The molecule has 1 N–H and O–H groups in total. The van der Waals surface area contributed by atoms with E-state index in [2.05, 4.69) is 5.32 Å². The van der Waals surface area contributed by atoms with Crippen molar-refractivity contribution in [1.82, 2.24) is 14.3 Å². The van der Waals surface area contributed by atoms with Crippen LogP contribution in [0.15, 0.2) is 82.5 Å². The van der Waals surface area contributed by atoms with Crippen LogP contribution in [0.3, 0.4) is 0 Å². The molecule has 2 amide bonds. The Balaban J connectivity index is 1.47. The van der Waals surface area contributed by atoms with E-state index < -0.39 is 5.91 Å². The zero-order chi connectivity index (χ0) is 24.2. The molecule has 0 spiro atoms. The predicted molar refractivity (Wildman–Crippen MR) is 140 cm³/mol. The lowest BCUT2D eigenvalue weighted by molar-refractivity contribution is -0.126. The minimum Gasteiger partial charge on any atom is -0.318 e. The number of hydrogen-bond donors (Lipinski definition) is 1. The van der Waals surface area contributed by atoms with Crippen LogP contribution >= 0.6 is 24.0 Å². The molecule has 34 heavy (non-hydrogen) atoms. The van der Waals surface area contributed by atoms with Gasteiger partial charge in [-0.1, -0.05) is 84.7 Å². The molecule has 9 heteroatoms. The van der Waals surface area contributed by atoms with Crippen LogP contribution in [0.2, 0.25) is 0 Å². The molecule has 4 rings (SSSR count). The normalized spacial score (nSPS) is 15.0. The van der Waals surface area contributed by atoms with E-state index in [-0.39, 0.29) is 23.7 Å². The number of carbonyl (C=O) groups is 2. The maximum absolute atomic E-state index is 13.0. The summed E-state index contributed by atoms with van der Waals surface area (Å²) in [5.41, 5.74) is 2.11. The Bertz CT molecular complexity index is 1370. The Labute approximate surface area is 206 Å². The highest BCUT2D eigenvalue weighted by molar-refractivity contribution is 8.26. The Morgan fingerprint density at radius 3 is 2.38 bits per heavy atom. The van der Waals surface area contributed by atoms with E-state index in [1.807, 2.05) is 66.7 Å². The molecule has 0 unspecified atom stereocenters. The first-order chi connectivity index (χ1) is 16.4. The largest absolute Gasteiger partial charge is 0.318 e. The second kappa shape index (κ2) is 10.1. The molecular formula is C25H22N4O3S2. The van der Waals surface area contributed by atoms with Gasteiger partial charge < -0.3 is 5.32 Å². The number of carbonyl (C=O) groups excluding carboxylic acids is 2. The molecule has 1 fully saturated rings. The van der Waals surface area contributed by atoms with Gasteiger partial charge in [-0.3, -0.25) is 24.0 Å². The third kappa shape index (κ3) is 4.80. The zero-order valence-electron chi connectivity index (χ0n) is 18.6. The lowest BCUT2D eigenvalue weighted by Crippen LogP contribution is -2.37. The fourth-order valence-electron chi connectivity index (χ4n) is 3.50. The van der Waals surface area contributed by atoms with Gasteiger partial charge in [0.15, 0.2) is 0 Å². The molecule has 172 valence electrons. The summed E-state index contributed by atoms with van der Waals surface area (Å²) in [4.78, 5) is 40.2. The standard InChI is InChI=1S/C25H22N4O3S2/c1-17-22(24(32)29(27(17)2)19-13-7-4-8-14-19)26-21(30)16-28-23(31)20(34-25(28)33)15-9-12-18-10-5-3-6-11-18/h3-15H,16H2,1-2H3,(H,26,30). The first kappa shape index (κ1) is 23.5. The van der Waals surface area contributed by atoms with E-state index >= 15 is 0 Å². The summed E-state index contributed by atoms with van der Waals surface area (Å²) in [6.45, 7) is 1.47. The monoisotopic (exact) mass is 490 g/mol. The third-order valence-electron chi connectivity index (χ3n) is 5.33. The van der Waals surface area contributed by atoms with Crippen molar-refractivity contribution >= 4 is 51.9 Å². The Morgan fingerprint density at radius 2 is 1.71 bits per heavy atom. The first-order valence-corrected chi connectivity index (χ1v) is 11.7. The van der Waals surface area contributed by atoms with Crippen molar-refractivity contribution < 1.29 is 9.59 Å². The molecule has 1 aliphatic heterocycles. The van der Waals surface area contributed by atoms with Crippen molar-refractivity contribution in [2.45, 2.75) is 6.92 Å². The van der Waals surface area contributed by atoms with Crippen LogP contribution in [0, 0.1) is 6.92 Å². The minimum absolute atomic E-state index is 0.170. The summed E-state index contributed by atoms with van der Waals surface area (Å²) in [6, 6.07) is 18.9. The summed E-state index contributed by atoms with van der Waals surface area (Å²) in [7, 11) is 1.75. The molecule has 1 aromatic heterocycles. The van der Waals surface area contributed by atoms with Crippen LogP contribution in [0.1, 0.15) is 11.3 Å². The predicted octanol–water partition coefficient (Wildman–Crippen LogP) is 3.88. The van der Waals surface area contributed by atoms with Gasteiger partial charge in [0.25, 0.3) is 11.5 Å². The van der Waals surface area contributed by atoms with Gasteiger partial charge in [0, 0.05) is 7.05 Å². The number of benzene rings is 2. The highest BCUT2D eigenvalue weighted by Gasteiger charge is 2.33. The van der Waals surface area contributed by atoms with Crippen molar-refractivity contribution in [3.63, 3.8) is 0 Å². The van der Waals surface area contributed by atoms with Gasteiger partial charge in [-0.05, 0) is 30.7 Å². The molecule has 0 aliphatic carbocycles. The molecule has 0 atom stereocenters. The molecule has 1 saturated heterocycles. The molecule has 2 aromatic carbocycles. The zero-order valence-corrected chi connectivity index (χ0v) is 20.2. The number of para-hydroxylation sites is 1. The molecule has 2 heterocycles. The Kier molecular flexibility index (Phi) is 6.95. The first-order valence-electron chi connectivity index (χ1n) is 10.5. The fraction of sp³-hybridized carbons (Fsp3) is 0.120. The van der Waals surface area contributed by atoms with E-state index in [0.29, 0.717) is 20.6 Å². The van der Waals surface area contributed by atoms with E-state index in [9.17, 15) is 14.4 Å². The second-order valence-electron chi connectivity index (χ2n) is 7.54. The number of nitrogens with zero attached hydrogens (tertiary/aromatic N) is 3. The quantitative estimate of drug-likeness (QED) is 0.419. The van der Waals surface area contributed by atoms with E-state index in [1.54, 1.807) is 30.8 Å². The van der Waals surface area contributed by atoms with Crippen LogP contribution < -0.4 is 10.9 Å². The van der Waals surface area contributed by atoms with Gasteiger partial charge in [-0.2, -0.15) is 0 Å². The molecule has 1 aliphatic rings. The van der Waals surface area contributed by atoms with Crippen molar-refractivity contribution in [1.29, 1.82) is 0 Å². The number of thioether (sulfide) groups is 1. The summed E-state index contributed by atoms with van der Waals surface area (Å²) in [5, 5.41) is 2.67. The smallest absolute Gasteiger partial charge is 0.295 e. The fourth-order valence-corrected chi connectivity index (χ4v) is 4.70.